The number of esters is 4. The molecule has 606 valence electrons. The molecule has 0 aliphatic heterocycles. The van der Waals surface area contributed by atoms with Crippen LogP contribution in [0.1, 0.15) is 440 Å². The minimum atomic E-state index is -4.96. The van der Waals surface area contributed by atoms with Crippen LogP contribution in [0.2, 0.25) is 0 Å². The predicted octanol–water partition coefficient (Wildman–Crippen LogP) is 25.1. The SMILES string of the molecule is CCCCCCCCCCCCCCCCCC(=O)O[C@H](COC(=O)CCCCCCCCCCC)COP(=O)(O)OC[C@H](O)COP(=O)(O)OC[C@@H](COC(=O)CCCCCCCCCCCCCCCC(C)C)OC(=O)CCCCCCCCCCCCCCCCCCCCC(C)CC. The zero-order chi connectivity index (χ0) is 74.9. The molecule has 0 aliphatic carbocycles. The number of aliphatic hydroxyl groups excluding tert-OH is 1. The molecule has 0 spiro atoms. The van der Waals surface area contributed by atoms with Gasteiger partial charge in [0.15, 0.2) is 12.2 Å². The molecule has 6 atom stereocenters. The lowest BCUT2D eigenvalue weighted by atomic mass is 9.99. The number of rotatable bonds is 82. The van der Waals surface area contributed by atoms with Gasteiger partial charge < -0.3 is 33.8 Å². The Bertz CT molecular complexity index is 1960. The summed E-state index contributed by atoms with van der Waals surface area (Å²) in [7, 11) is -9.92. The first kappa shape index (κ1) is 100. The zero-order valence-corrected chi connectivity index (χ0v) is 68.7. The largest absolute Gasteiger partial charge is 0.472 e. The first-order valence-corrected chi connectivity index (χ1v) is 46.0. The predicted molar refractivity (Wildman–Crippen MR) is 418 cm³/mol. The van der Waals surface area contributed by atoms with Gasteiger partial charge >= 0.3 is 39.5 Å². The van der Waals surface area contributed by atoms with Crippen molar-refractivity contribution in [2.75, 3.05) is 39.6 Å². The Morgan fingerprint density at radius 3 is 0.745 bits per heavy atom. The highest BCUT2D eigenvalue weighted by molar-refractivity contribution is 7.47. The number of hydrogen-bond donors (Lipinski definition) is 3. The molecular formula is C83H162O17P2. The maximum atomic E-state index is 13.1. The minimum absolute atomic E-state index is 0.108. The zero-order valence-electron chi connectivity index (χ0n) is 66.9. The molecule has 0 radical (unpaired) electrons. The van der Waals surface area contributed by atoms with Crippen LogP contribution in [-0.2, 0) is 65.4 Å². The molecule has 0 aromatic rings. The van der Waals surface area contributed by atoms with Crippen molar-refractivity contribution < 1.29 is 80.2 Å². The van der Waals surface area contributed by atoms with E-state index in [0.29, 0.717) is 25.7 Å². The van der Waals surface area contributed by atoms with E-state index in [1.54, 1.807) is 0 Å². The van der Waals surface area contributed by atoms with Gasteiger partial charge in [0, 0.05) is 25.7 Å². The second kappa shape index (κ2) is 74.5. The third-order valence-electron chi connectivity index (χ3n) is 19.8. The van der Waals surface area contributed by atoms with Gasteiger partial charge in [-0.05, 0) is 37.5 Å². The van der Waals surface area contributed by atoms with E-state index in [0.717, 1.165) is 102 Å². The molecule has 17 nitrogen and oxygen atoms in total. The second-order valence-corrected chi connectivity index (χ2v) is 33.5. The van der Waals surface area contributed by atoms with Gasteiger partial charge in [-0.15, -0.1) is 0 Å². The maximum Gasteiger partial charge on any atom is 0.472 e. The molecule has 0 heterocycles. The fraction of sp³-hybridized carbons (Fsp3) is 0.952. The third kappa shape index (κ3) is 74.9. The Hall–Kier alpha value is -1.94. The Morgan fingerprint density at radius 2 is 0.500 bits per heavy atom. The molecule has 0 aliphatic rings. The van der Waals surface area contributed by atoms with Crippen molar-refractivity contribution in [3.05, 3.63) is 0 Å². The van der Waals surface area contributed by atoms with E-state index in [-0.39, 0.29) is 25.7 Å². The van der Waals surface area contributed by atoms with Crippen LogP contribution in [0.15, 0.2) is 0 Å². The second-order valence-electron chi connectivity index (χ2n) is 30.6. The molecule has 0 rings (SSSR count). The molecule has 0 saturated heterocycles. The maximum absolute atomic E-state index is 13.1. The van der Waals surface area contributed by atoms with E-state index < -0.39 is 97.5 Å². The van der Waals surface area contributed by atoms with Gasteiger partial charge in [0.05, 0.1) is 26.4 Å². The quantitative estimate of drug-likeness (QED) is 0.0222. The van der Waals surface area contributed by atoms with Crippen LogP contribution in [0.25, 0.3) is 0 Å². The minimum Gasteiger partial charge on any atom is -0.462 e. The first-order valence-electron chi connectivity index (χ1n) is 43.0. The van der Waals surface area contributed by atoms with Crippen LogP contribution in [-0.4, -0.2) is 96.7 Å². The van der Waals surface area contributed by atoms with Crippen LogP contribution in [0.5, 0.6) is 0 Å². The average Bonchev–Trinajstić information content (AvgIpc) is 0.935. The third-order valence-corrected chi connectivity index (χ3v) is 21.7. The van der Waals surface area contributed by atoms with Crippen molar-refractivity contribution >= 4 is 39.5 Å². The van der Waals surface area contributed by atoms with E-state index in [9.17, 15) is 43.2 Å². The molecule has 0 fully saturated rings. The summed E-state index contributed by atoms with van der Waals surface area (Å²) in [6, 6.07) is 0. The number of phosphoric acid groups is 2. The van der Waals surface area contributed by atoms with Gasteiger partial charge in [-0.25, -0.2) is 9.13 Å². The van der Waals surface area contributed by atoms with Crippen molar-refractivity contribution in [1.82, 2.24) is 0 Å². The van der Waals surface area contributed by atoms with Crippen LogP contribution in [0.3, 0.4) is 0 Å². The van der Waals surface area contributed by atoms with Crippen molar-refractivity contribution in [3.8, 4) is 0 Å². The van der Waals surface area contributed by atoms with Gasteiger partial charge in [-0.2, -0.15) is 0 Å². The smallest absolute Gasteiger partial charge is 0.462 e. The molecule has 102 heavy (non-hydrogen) atoms. The van der Waals surface area contributed by atoms with Gasteiger partial charge in [0.2, 0.25) is 0 Å². The first-order chi connectivity index (χ1) is 49.4. The topological polar surface area (TPSA) is 237 Å². The van der Waals surface area contributed by atoms with Crippen LogP contribution < -0.4 is 0 Å². The fourth-order valence-electron chi connectivity index (χ4n) is 12.9. The molecule has 0 bridgehead atoms. The molecule has 0 aromatic heterocycles. The molecule has 3 N–H and O–H groups in total. The van der Waals surface area contributed by atoms with Crippen molar-refractivity contribution in [2.24, 2.45) is 11.8 Å². The summed E-state index contributed by atoms with van der Waals surface area (Å²) in [5, 5.41) is 10.6. The van der Waals surface area contributed by atoms with E-state index in [1.807, 2.05) is 0 Å². The Morgan fingerprint density at radius 1 is 0.284 bits per heavy atom. The van der Waals surface area contributed by atoms with Gasteiger partial charge in [0.1, 0.15) is 19.3 Å². The lowest BCUT2D eigenvalue weighted by Crippen LogP contribution is -2.30. The average molecular weight is 1490 g/mol. The van der Waals surface area contributed by atoms with Gasteiger partial charge in [0.25, 0.3) is 0 Å². The van der Waals surface area contributed by atoms with Crippen LogP contribution in [0, 0.1) is 11.8 Å². The van der Waals surface area contributed by atoms with E-state index in [4.69, 9.17) is 37.0 Å². The molecular weight excluding hydrogens is 1330 g/mol. The molecule has 19 heteroatoms. The standard InChI is InChI=1S/C83H162O17P2/c1-7-10-12-14-16-18-19-20-25-31-37-43-49-55-61-67-82(87)99-78(71-93-80(85)65-59-53-47-39-17-15-13-11-8-2)73-97-101(89,90)95-69-77(84)70-96-102(91,92)98-74-79(72-94-81(86)66-60-54-48-42-36-33-28-29-34-40-45-51-57-63-75(4)5)100-83(88)68-62-56-50-44-38-32-27-24-22-21-23-26-30-35-41-46-52-58-64-76(6)9-3/h75-79,84H,7-74H2,1-6H3,(H,89,90)(H,91,92)/t76?,77-,78+,79+/m0/s1. The molecule has 0 saturated carbocycles. The Kier molecular flexibility index (Phi) is 73.1. The number of hydrogen-bond acceptors (Lipinski definition) is 15. The summed E-state index contributed by atoms with van der Waals surface area (Å²) in [5.41, 5.74) is 0. The Labute approximate surface area is 626 Å². The van der Waals surface area contributed by atoms with Crippen molar-refractivity contribution in [2.45, 2.75) is 458 Å². The monoisotopic (exact) mass is 1490 g/mol. The fourth-order valence-corrected chi connectivity index (χ4v) is 14.4. The van der Waals surface area contributed by atoms with Crippen molar-refractivity contribution in [3.63, 3.8) is 0 Å². The molecule has 0 amide bonds. The Balaban J connectivity index is 5.20. The summed E-state index contributed by atoms with van der Waals surface area (Å²) < 4.78 is 68.7. The lowest BCUT2D eigenvalue weighted by Gasteiger charge is -2.21. The number of phosphoric ester groups is 2. The van der Waals surface area contributed by atoms with Gasteiger partial charge in [-0.3, -0.25) is 37.3 Å². The number of carbonyl (C=O) groups excluding carboxylic acids is 4. The lowest BCUT2D eigenvalue weighted by molar-refractivity contribution is -0.161. The molecule has 0 aromatic carbocycles. The summed E-state index contributed by atoms with van der Waals surface area (Å²) >= 11 is 0. The van der Waals surface area contributed by atoms with Crippen LogP contribution in [0.4, 0.5) is 0 Å². The van der Waals surface area contributed by atoms with Gasteiger partial charge in [-0.1, -0.05) is 388 Å². The summed E-state index contributed by atoms with van der Waals surface area (Å²) in [5.74, 6) is -0.444. The number of unbranched alkanes of at least 4 members (excludes halogenated alkanes) is 51. The van der Waals surface area contributed by atoms with Crippen LogP contribution >= 0.6 is 15.6 Å². The number of aliphatic hydroxyl groups is 1. The highest BCUT2D eigenvalue weighted by Gasteiger charge is 2.30. The van der Waals surface area contributed by atoms with Crippen molar-refractivity contribution in [1.29, 1.82) is 0 Å². The summed E-state index contributed by atoms with van der Waals surface area (Å²) in [6.07, 6.45) is 65.2. The summed E-state index contributed by atoms with van der Waals surface area (Å²) in [6.45, 7) is 9.72. The highest BCUT2D eigenvalue weighted by atomic mass is 31.2. The van der Waals surface area contributed by atoms with E-state index in [1.165, 1.54) is 257 Å². The van der Waals surface area contributed by atoms with E-state index >= 15 is 0 Å². The number of carbonyl (C=O) groups is 4. The normalized spacial score (nSPS) is 14.1. The van der Waals surface area contributed by atoms with E-state index in [2.05, 4.69) is 41.5 Å². The summed E-state index contributed by atoms with van der Waals surface area (Å²) in [4.78, 5) is 73.0. The number of ether oxygens (including phenoxy) is 4. The molecule has 3 unspecified atom stereocenters. The highest BCUT2D eigenvalue weighted by Crippen LogP contribution is 2.45.